The Morgan fingerprint density at radius 3 is 2.59 bits per heavy atom. The molecule has 6 aromatic rings. The molecule has 5 aromatic heterocycles. The fourth-order valence-electron chi connectivity index (χ4n) is 5.48. The van der Waals surface area contributed by atoms with Gasteiger partial charge in [0.2, 0.25) is 5.82 Å². The number of aryl methyl sites for hydroxylation is 1. The first kappa shape index (κ1) is 25.9. The molecule has 0 saturated carbocycles. The molecule has 1 aliphatic heterocycles. The summed E-state index contributed by atoms with van der Waals surface area (Å²) in [5, 5.41) is 20.9. The number of nitrogen functional groups attached to an aromatic ring is 1. The predicted molar refractivity (Wildman–Crippen MR) is 165 cm³/mol. The minimum Gasteiger partial charge on any atom is -0.383 e. The second kappa shape index (κ2) is 11.5. The summed E-state index contributed by atoms with van der Waals surface area (Å²) >= 11 is 0. The van der Waals surface area contributed by atoms with Crippen LogP contribution in [-0.2, 0) is 13.6 Å². The van der Waals surface area contributed by atoms with Crippen LogP contribution in [0.15, 0.2) is 73.2 Å². The Labute approximate surface area is 254 Å². The summed E-state index contributed by atoms with van der Waals surface area (Å²) in [4.78, 5) is 26.1. The Bertz CT molecular complexity index is 2040. The van der Waals surface area contributed by atoms with Gasteiger partial charge in [0.25, 0.3) is 0 Å². The molecule has 0 bridgehead atoms. The molecule has 6 heterocycles. The maximum atomic E-state index is 9.06. The Morgan fingerprint density at radius 1 is 1.00 bits per heavy atom. The van der Waals surface area contributed by atoms with Crippen LogP contribution < -0.4 is 11.1 Å². The number of rotatable bonds is 7. The van der Waals surface area contributed by atoms with E-state index in [0.29, 0.717) is 51.6 Å². The predicted octanol–water partition coefficient (Wildman–Crippen LogP) is 3.60. The van der Waals surface area contributed by atoms with Crippen LogP contribution in [0.5, 0.6) is 0 Å². The number of hydrogen-bond donors (Lipinski definition) is 2. The van der Waals surface area contributed by atoms with E-state index in [4.69, 9.17) is 22.3 Å². The second-order valence-corrected chi connectivity index (χ2v) is 10.6. The monoisotopic (exact) mass is 584 g/mol. The fourth-order valence-corrected chi connectivity index (χ4v) is 5.48. The van der Waals surface area contributed by atoms with Gasteiger partial charge in [0, 0.05) is 50.8 Å². The first-order valence-corrected chi connectivity index (χ1v) is 14.2. The minimum atomic E-state index is 0.0541. The van der Waals surface area contributed by atoms with Crippen molar-refractivity contribution in [2.45, 2.75) is 25.4 Å². The number of nitrogens with two attached hydrogens (primary N) is 1. The van der Waals surface area contributed by atoms with E-state index in [1.807, 2.05) is 28.8 Å². The summed E-state index contributed by atoms with van der Waals surface area (Å²) < 4.78 is 10.2. The Kier molecular flexibility index (Phi) is 6.78. The fraction of sp³-hybridized carbons (Fsp3) is 0.226. The number of nitrogens with one attached hydrogen (secondary N) is 1. The Hall–Kier alpha value is -5.74. The normalized spacial score (nSPS) is 14.4. The standard InChI is InChI=1S/C31H29N13/c1-42-36-18-26(41-42)24-8-9-25-31(38-24)44(30(39-25)23-3-2-13-35-29(23)33)22-6-4-20(5-7-22)19-43-15-11-21(12-16-43)37-27-10-14-34-28(17-32)40-27/h2-10,13-14,18,21H,11-12,15-16,19H2,1H3,(H2,33,35)(H,34,37,40)/i18D. The first-order chi connectivity index (χ1) is 21.9. The third kappa shape index (κ3) is 5.41. The van der Waals surface area contributed by atoms with Crippen LogP contribution in [0.25, 0.3) is 39.6 Å². The molecule has 0 amide bonds. The minimum absolute atomic E-state index is 0.0541. The third-order valence-corrected chi connectivity index (χ3v) is 7.67. The van der Waals surface area contributed by atoms with E-state index in [1.54, 1.807) is 31.6 Å². The number of benzene rings is 1. The third-order valence-electron chi connectivity index (χ3n) is 7.67. The second-order valence-electron chi connectivity index (χ2n) is 10.6. The van der Waals surface area contributed by atoms with Crippen LogP contribution in [-0.4, -0.2) is 68.5 Å². The van der Waals surface area contributed by atoms with Crippen LogP contribution in [0.3, 0.4) is 0 Å². The van der Waals surface area contributed by atoms with Crippen molar-refractivity contribution in [3.05, 3.63) is 84.6 Å². The van der Waals surface area contributed by atoms with Gasteiger partial charge in [0.15, 0.2) is 11.5 Å². The van der Waals surface area contributed by atoms with E-state index < -0.39 is 0 Å². The highest BCUT2D eigenvalue weighted by Crippen LogP contribution is 2.31. The summed E-state index contributed by atoms with van der Waals surface area (Å²) in [6, 6.07) is 19.9. The molecule has 1 aliphatic rings. The molecule has 0 unspecified atom stereocenters. The highest BCUT2D eigenvalue weighted by atomic mass is 15.4. The van der Waals surface area contributed by atoms with Gasteiger partial charge in [0.05, 0.1) is 18.8 Å². The van der Waals surface area contributed by atoms with Crippen LogP contribution >= 0.6 is 0 Å². The summed E-state index contributed by atoms with van der Waals surface area (Å²) in [6.07, 6.45) is 5.26. The maximum Gasteiger partial charge on any atom is 0.234 e. The molecule has 0 spiro atoms. The van der Waals surface area contributed by atoms with Crippen LogP contribution in [0.1, 0.15) is 25.6 Å². The molecule has 1 fully saturated rings. The molecule has 13 heteroatoms. The van der Waals surface area contributed by atoms with E-state index >= 15 is 0 Å². The number of fused-ring (bicyclic) bond motifs is 1. The van der Waals surface area contributed by atoms with Crippen molar-refractivity contribution in [3.8, 4) is 34.5 Å². The van der Waals surface area contributed by atoms with Gasteiger partial charge in [-0.15, -0.1) is 0 Å². The Morgan fingerprint density at radius 2 is 1.84 bits per heavy atom. The van der Waals surface area contributed by atoms with E-state index in [2.05, 4.69) is 59.6 Å². The zero-order valence-electron chi connectivity index (χ0n) is 25.0. The summed E-state index contributed by atoms with van der Waals surface area (Å²) in [7, 11) is 1.68. The lowest BCUT2D eigenvalue weighted by molar-refractivity contribution is 0.211. The summed E-state index contributed by atoms with van der Waals surface area (Å²) in [5.74, 6) is 1.85. The van der Waals surface area contributed by atoms with Crippen molar-refractivity contribution in [2.24, 2.45) is 7.05 Å². The molecule has 3 N–H and O–H groups in total. The molecule has 218 valence electrons. The largest absolute Gasteiger partial charge is 0.383 e. The van der Waals surface area contributed by atoms with Gasteiger partial charge in [-0.1, -0.05) is 12.1 Å². The van der Waals surface area contributed by atoms with Crippen molar-refractivity contribution in [3.63, 3.8) is 0 Å². The summed E-state index contributed by atoms with van der Waals surface area (Å²) in [6.45, 7) is 2.71. The van der Waals surface area contributed by atoms with Crippen LogP contribution in [0.2, 0.25) is 0 Å². The van der Waals surface area contributed by atoms with Crippen molar-refractivity contribution < 1.29 is 1.37 Å². The summed E-state index contributed by atoms with van der Waals surface area (Å²) in [5.41, 5.74) is 11.3. The first-order valence-electron chi connectivity index (χ1n) is 14.7. The number of piperidine rings is 1. The van der Waals surface area contributed by atoms with E-state index in [9.17, 15) is 0 Å². The number of nitrogens with zero attached hydrogens (tertiary/aromatic N) is 11. The SMILES string of the molecule is [2H]c1nn(C)nc1-c1ccc2nc(-c3cccnc3N)n(-c3ccc(CN4CCC(Nc5ccnc(C#N)n5)CC4)cc3)c2n1. The van der Waals surface area contributed by atoms with Crippen LogP contribution in [0, 0.1) is 11.3 Å². The molecule has 0 radical (unpaired) electrons. The van der Waals surface area contributed by atoms with Gasteiger partial charge < -0.3 is 11.1 Å². The number of hydrogen-bond acceptors (Lipinski definition) is 11. The average Bonchev–Trinajstić information content (AvgIpc) is 3.61. The zero-order valence-corrected chi connectivity index (χ0v) is 24.0. The number of likely N-dealkylation sites (tertiary alicyclic amines) is 1. The lowest BCUT2D eigenvalue weighted by atomic mass is 10.0. The van der Waals surface area contributed by atoms with Gasteiger partial charge in [-0.3, -0.25) is 9.47 Å². The topological polar surface area (TPSA) is 165 Å². The number of nitriles is 1. The van der Waals surface area contributed by atoms with Crippen molar-refractivity contribution in [1.82, 2.24) is 49.4 Å². The molecule has 0 aliphatic carbocycles. The molecule has 44 heavy (non-hydrogen) atoms. The number of imidazole rings is 1. The van der Waals surface area contributed by atoms with Crippen molar-refractivity contribution in [2.75, 3.05) is 24.1 Å². The molecular weight excluding hydrogens is 554 g/mol. The molecule has 0 atom stereocenters. The van der Waals surface area contributed by atoms with E-state index in [1.165, 1.54) is 10.4 Å². The maximum absolute atomic E-state index is 9.06. The van der Waals surface area contributed by atoms with E-state index in [0.717, 1.165) is 38.2 Å². The number of anilines is 2. The number of aromatic nitrogens is 9. The van der Waals surface area contributed by atoms with Crippen LogP contribution in [0.4, 0.5) is 11.6 Å². The average molecular weight is 585 g/mol. The number of pyridine rings is 2. The quantitative estimate of drug-likeness (QED) is 0.282. The van der Waals surface area contributed by atoms with Gasteiger partial charge in [-0.2, -0.15) is 20.3 Å². The molecule has 13 nitrogen and oxygen atoms in total. The lowest BCUT2D eigenvalue weighted by Crippen LogP contribution is -2.38. The van der Waals surface area contributed by atoms with Gasteiger partial charge in [0.1, 0.15) is 28.9 Å². The molecular formula is C31H29N13. The molecule has 1 saturated heterocycles. The lowest BCUT2D eigenvalue weighted by Gasteiger charge is -2.32. The zero-order chi connectivity index (χ0) is 30.9. The van der Waals surface area contributed by atoms with Crippen molar-refractivity contribution in [1.29, 1.82) is 5.26 Å². The van der Waals surface area contributed by atoms with Crippen molar-refractivity contribution >= 4 is 22.8 Å². The highest BCUT2D eigenvalue weighted by molar-refractivity contribution is 5.84. The molecule has 1 aromatic carbocycles. The Balaban J connectivity index is 1.14. The van der Waals surface area contributed by atoms with Gasteiger partial charge in [-0.25, -0.2) is 24.9 Å². The van der Waals surface area contributed by atoms with Gasteiger partial charge in [-0.05, 0) is 60.9 Å². The molecule has 7 rings (SSSR count). The highest BCUT2D eigenvalue weighted by Gasteiger charge is 2.21. The smallest absolute Gasteiger partial charge is 0.234 e. The van der Waals surface area contributed by atoms with Gasteiger partial charge >= 0.3 is 0 Å². The van der Waals surface area contributed by atoms with E-state index in [-0.39, 0.29) is 12.0 Å².